The van der Waals surface area contributed by atoms with Gasteiger partial charge in [-0.25, -0.2) is 0 Å². The summed E-state index contributed by atoms with van der Waals surface area (Å²) < 4.78 is 2.19. The number of hydrogen-bond donors (Lipinski definition) is 0. The molecule has 3 nitrogen and oxygen atoms in total. The van der Waals surface area contributed by atoms with Gasteiger partial charge in [0.2, 0.25) is 5.78 Å². The third-order valence-corrected chi connectivity index (χ3v) is 5.74. The van der Waals surface area contributed by atoms with Crippen LogP contribution in [-0.4, -0.2) is 10.4 Å². The van der Waals surface area contributed by atoms with Crippen molar-refractivity contribution in [1.29, 1.82) is 5.26 Å². The van der Waals surface area contributed by atoms with E-state index in [1.165, 1.54) is 16.3 Å². The largest absolute Gasteiger partial charge is 0.342 e. The van der Waals surface area contributed by atoms with Crippen molar-refractivity contribution in [1.82, 2.24) is 4.57 Å². The van der Waals surface area contributed by atoms with E-state index in [9.17, 15) is 10.1 Å². The standard InChI is InChI=1S/C29H20N2O/c30-18-24(29(32)22-10-2-1-3-11-22)17-25-20-31(28-16-7-6-15-27(25)28)19-23-13-8-12-21-9-4-5-14-26(21)23/h1-17,20H,19H2/b24-17+. The molecule has 152 valence electrons. The number of rotatable bonds is 5. The number of para-hydroxylation sites is 1. The minimum Gasteiger partial charge on any atom is -0.342 e. The van der Waals surface area contributed by atoms with E-state index in [2.05, 4.69) is 53.1 Å². The molecule has 0 radical (unpaired) electrons. The molecule has 0 bridgehead atoms. The molecule has 5 rings (SSSR count). The molecule has 0 aliphatic carbocycles. The number of ketones is 1. The zero-order chi connectivity index (χ0) is 21.9. The Kier molecular flexibility index (Phi) is 5.11. The van der Waals surface area contributed by atoms with Crippen LogP contribution in [0.5, 0.6) is 0 Å². The van der Waals surface area contributed by atoms with Gasteiger partial charge in [0.15, 0.2) is 0 Å². The molecule has 0 N–H and O–H groups in total. The number of nitrogens with zero attached hydrogens (tertiary/aromatic N) is 2. The summed E-state index contributed by atoms with van der Waals surface area (Å²) in [7, 11) is 0. The Morgan fingerprint density at radius 2 is 1.50 bits per heavy atom. The lowest BCUT2D eigenvalue weighted by molar-refractivity contribution is 0.104. The minimum atomic E-state index is -0.265. The highest BCUT2D eigenvalue weighted by Gasteiger charge is 2.14. The van der Waals surface area contributed by atoms with Crippen LogP contribution in [0.3, 0.4) is 0 Å². The Balaban J connectivity index is 1.59. The number of hydrogen-bond acceptors (Lipinski definition) is 2. The molecule has 0 saturated carbocycles. The van der Waals surface area contributed by atoms with Crippen LogP contribution in [0, 0.1) is 11.3 Å². The number of carbonyl (C=O) groups is 1. The van der Waals surface area contributed by atoms with Crippen LogP contribution in [0.1, 0.15) is 21.5 Å². The van der Waals surface area contributed by atoms with Gasteiger partial charge in [-0.05, 0) is 28.5 Å². The SMILES string of the molecule is N#C/C(=C\c1cn(Cc2cccc3ccccc23)c2ccccc12)C(=O)c1ccccc1. The van der Waals surface area contributed by atoms with Crippen LogP contribution in [0.4, 0.5) is 0 Å². The molecule has 0 unspecified atom stereocenters. The molecule has 0 amide bonds. The zero-order valence-electron chi connectivity index (χ0n) is 17.4. The maximum atomic E-state index is 12.9. The van der Waals surface area contributed by atoms with Crippen LogP contribution in [0.15, 0.2) is 109 Å². The van der Waals surface area contributed by atoms with Gasteiger partial charge in [-0.1, -0.05) is 91.0 Å². The molecule has 0 aliphatic rings. The van der Waals surface area contributed by atoms with E-state index in [0.717, 1.165) is 16.5 Å². The van der Waals surface area contributed by atoms with Crippen LogP contribution >= 0.6 is 0 Å². The highest BCUT2D eigenvalue weighted by atomic mass is 16.1. The van der Waals surface area contributed by atoms with Crippen LogP contribution in [0.25, 0.3) is 27.8 Å². The Labute approximate surface area is 186 Å². The average molecular weight is 412 g/mol. The molecule has 1 heterocycles. The molecule has 0 aliphatic heterocycles. The molecule has 32 heavy (non-hydrogen) atoms. The highest BCUT2D eigenvalue weighted by molar-refractivity contribution is 6.14. The predicted molar refractivity (Wildman–Crippen MR) is 129 cm³/mol. The number of Topliss-reactive ketones (excluding diaryl/α,β-unsaturated/α-hetero) is 1. The van der Waals surface area contributed by atoms with Crippen molar-refractivity contribution in [3.63, 3.8) is 0 Å². The first-order chi connectivity index (χ1) is 15.7. The van der Waals surface area contributed by atoms with Gasteiger partial charge in [0.05, 0.1) is 0 Å². The number of aromatic nitrogens is 1. The molecule has 0 atom stereocenters. The van der Waals surface area contributed by atoms with E-state index in [4.69, 9.17) is 0 Å². The van der Waals surface area contributed by atoms with E-state index in [1.54, 1.807) is 30.3 Å². The van der Waals surface area contributed by atoms with Crippen molar-refractivity contribution in [3.05, 3.63) is 126 Å². The van der Waals surface area contributed by atoms with Crippen LogP contribution in [0.2, 0.25) is 0 Å². The second kappa shape index (κ2) is 8.37. The highest BCUT2D eigenvalue weighted by Crippen LogP contribution is 2.27. The third-order valence-electron chi connectivity index (χ3n) is 5.74. The fourth-order valence-electron chi connectivity index (χ4n) is 4.18. The first kappa shape index (κ1) is 19.5. The lowest BCUT2D eigenvalue weighted by Gasteiger charge is -2.09. The molecule has 0 fully saturated rings. The molecular weight excluding hydrogens is 392 g/mol. The van der Waals surface area contributed by atoms with Gasteiger partial charge in [0.1, 0.15) is 11.6 Å². The fourth-order valence-corrected chi connectivity index (χ4v) is 4.18. The average Bonchev–Trinajstić information content (AvgIpc) is 3.20. The monoisotopic (exact) mass is 412 g/mol. The van der Waals surface area contributed by atoms with Crippen molar-refractivity contribution in [3.8, 4) is 6.07 Å². The second-order valence-electron chi connectivity index (χ2n) is 7.73. The van der Waals surface area contributed by atoms with E-state index in [0.29, 0.717) is 12.1 Å². The number of allylic oxidation sites excluding steroid dienone is 1. The zero-order valence-corrected chi connectivity index (χ0v) is 17.4. The van der Waals surface area contributed by atoms with E-state index in [-0.39, 0.29) is 11.4 Å². The number of nitriles is 1. The summed E-state index contributed by atoms with van der Waals surface area (Å²) in [6, 6.07) is 33.8. The first-order valence-electron chi connectivity index (χ1n) is 10.5. The second-order valence-corrected chi connectivity index (χ2v) is 7.73. The Hall–Kier alpha value is -4.42. The quantitative estimate of drug-likeness (QED) is 0.185. The van der Waals surface area contributed by atoms with Gasteiger partial charge < -0.3 is 4.57 Å². The molecule has 0 spiro atoms. The smallest absolute Gasteiger partial charge is 0.203 e. The summed E-state index contributed by atoms with van der Waals surface area (Å²) >= 11 is 0. The molecule has 0 saturated heterocycles. The molecule has 5 aromatic rings. The first-order valence-corrected chi connectivity index (χ1v) is 10.5. The summed E-state index contributed by atoms with van der Waals surface area (Å²) in [5.41, 5.74) is 3.79. The third kappa shape index (κ3) is 3.59. The lowest BCUT2D eigenvalue weighted by atomic mass is 10.0. The van der Waals surface area contributed by atoms with Gasteiger partial charge in [-0.15, -0.1) is 0 Å². The van der Waals surface area contributed by atoms with Gasteiger partial charge >= 0.3 is 0 Å². The fraction of sp³-hybridized carbons (Fsp3) is 0.0345. The Bertz CT molecular complexity index is 1510. The van der Waals surface area contributed by atoms with Crippen molar-refractivity contribution in [2.24, 2.45) is 0 Å². The summed E-state index contributed by atoms with van der Waals surface area (Å²) in [5.74, 6) is -0.265. The molecular formula is C29H20N2O. The van der Waals surface area contributed by atoms with E-state index >= 15 is 0 Å². The van der Waals surface area contributed by atoms with Crippen molar-refractivity contribution in [2.75, 3.05) is 0 Å². The van der Waals surface area contributed by atoms with Crippen molar-refractivity contribution >= 4 is 33.5 Å². The van der Waals surface area contributed by atoms with Gasteiger partial charge in [0, 0.05) is 34.8 Å². The van der Waals surface area contributed by atoms with Crippen LogP contribution in [-0.2, 0) is 6.54 Å². The maximum absolute atomic E-state index is 12.9. The summed E-state index contributed by atoms with van der Waals surface area (Å²) in [4.78, 5) is 12.9. The van der Waals surface area contributed by atoms with Crippen molar-refractivity contribution in [2.45, 2.75) is 6.54 Å². The molecule has 4 aromatic carbocycles. The topological polar surface area (TPSA) is 45.8 Å². The predicted octanol–water partition coefficient (Wildman–Crippen LogP) is 6.63. The Morgan fingerprint density at radius 1 is 0.812 bits per heavy atom. The van der Waals surface area contributed by atoms with Gasteiger partial charge in [-0.2, -0.15) is 5.26 Å². The lowest BCUT2D eigenvalue weighted by Crippen LogP contribution is -2.01. The van der Waals surface area contributed by atoms with Gasteiger partial charge in [0.25, 0.3) is 0 Å². The summed E-state index contributed by atoms with van der Waals surface area (Å²) in [6.45, 7) is 0.699. The van der Waals surface area contributed by atoms with E-state index < -0.39 is 0 Å². The normalized spacial score (nSPS) is 11.5. The van der Waals surface area contributed by atoms with E-state index in [1.807, 2.05) is 36.5 Å². The Morgan fingerprint density at radius 3 is 2.31 bits per heavy atom. The molecule has 1 aromatic heterocycles. The van der Waals surface area contributed by atoms with Crippen LogP contribution < -0.4 is 0 Å². The summed E-state index contributed by atoms with van der Waals surface area (Å²) in [5, 5.41) is 13.2. The number of carbonyl (C=O) groups excluding carboxylic acids is 1. The minimum absolute atomic E-state index is 0.129. The number of fused-ring (bicyclic) bond motifs is 2. The maximum Gasteiger partial charge on any atom is 0.203 e. The number of benzene rings is 4. The van der Waals surface area contributed by atoms with Gasteiger partial charge in [-0.3, -0.25) is 4.79 Å². The van der Waals surface area contributed by atoms with Crippen molar-refractivity contribution < 1.29 is 4.79 Å². The summed E-state index contributed by atoms with van der Waals surface area (Å²) in [6.07, 6.45) is 3.74. The molecule has 3 heteroatoms.